The lowest BCUT2D eigenvalue weighted by Gasteiger charge is -2.23. The minimum atomic E-state index is -2.57. The molecule has 8 heteroatoms. The highest BCUT2D eigenvalue weighted by atomic mass is 35.8. The molecule has 0 aliphatic carbocycles. The van der Waals surface area contributed by atoms with Crippen molar-refractivity contribution in [2.75, 3.05) is 0 Å². The molecule has 0 amide bonds. The molecule has 0 aromatic carbocycles. The molecule has 1 atom stereocenters. The van der Waals surface area contributed by atoms with Crippen molar-refractivity contribution in [3.8, 4) is 0 Å². The van der Waals surface area contributed by atoms with Gasteiger partial charge in [-0.15, -0.1) is 0 Å². The second-order valence-corrected chi connectivity index (χ2v) is 12.5. The van der Waals surface area contributed by atoms with E-state index in [1.54, 1.807) is 0 Å². The Balaban J connectivity index is 4.49. The van der Waals surface area contributed by atoms with Gasteiger partial charge in [-0.2, -0.15) is 0 Å². The molecule has 0 aliphatic rings. The second-order valence-electron chi connectivity index (χ2n) is 3.02. The van der Waals surface area contributed by atoms with E-state index in [9.17, 15) is 4.21 Å². The molecular weight excluding hydrogens is 283 g/mol. The molecule has 0 heterocycles. The molecule has 0 bridgehead atoms. The van der Waals surface area contributed by atoms with Gasteiger partial charge in [0, 0.05) is 21.1 Å². The maximum atomic E-state index is 10.9. The van der Waals surface area contributed by atoms with E-state index in [-0.39, 0.29) is 12.2 Å². The summed E-state index contributed by atoms with van der Waals surface area (Å²) in [6, 6.07) is 0. The fraction of sp³-hybridized carbons (Fsp3) is 1.00. The molecule has 0 aromatic rings. The summed E-state index contributed by atoms with van der Waals surface area (Å²) in [5.74, 6) is 0. The van der Waals surface area contributed by atoms with Crippen molar-refractivity contribution >= 4 is 47.6 Å². The topological polar surface area (TPSA) is 35.5 Å². The SMILES string of the molecule is CC(C)OP(=S)(OC(C)C)SS(=O)Cl. The number of hydrogen-bond acceptors (Lipinski definition) is 5. The maximum absolute atomic E-state index is 10.9. The van der Waals surface area contributed by atoms with Crippen LogP contribution in [0.4, 0.5) is 0 Å². The zero-order chi connectivity index (χ0) is 11.4. The van der Waals surface area contributed by atoms with Gasteiger partial charge in [0.2, 0.25) is 0 Å². The van der Waals surface area contributed by atoms with Gasteiger partial charge in [0.15, 0.2) is 9.05 Å². The van der Waals surface area contributed by atoms with Crippen molar-refractivity contribution in [1.82, 2.24) is 0 Å². The zero-order valence-corrected chi connectivity index (χ0v) is 12.5. The zero-order valence-electron chi connectivity index (χ0n) is 8.43. The molecule has 0 rings (SSSR count). The highest BCUT2D eigenvalue weighted by Crippen LogP contribution is 2.64. The summed E-state index contributed by atoms with van der Waals surface area (Å²) in [6.45, 7) is 7.40. The van der Waals surface area contributed by atoms with Crippen molar-refractivity contribution in [3.05, 3.63) is 0 Å². The molecule has 0 N–H and O–H groups in total. The summed E-state index contributed by atoms with van der Waals surface area (Å²) in [4.78, 5) is 0. The second kappa shape index (κ2) is 6.84. The molecule has 0 radical (unpaired) electrons. The molecule has 0 aliphatic heterocycles. The summed E-state index contributed by atoms with van der Waals surface area (Å²) in [7, 11) is 4.66. The van der Waals surface area contributed by atoms with Gasteiger partial charge < -0.3 is 9.05 Å². The summed E-state index contributed by atoms with van der Waals surface area (Å²) in [5, 5.41) is 0. The monoisotopic (exact) mass is 296 g/mol. The van der Waals surface area contributed by atoms with E-state index in [1.807, 2.05) is 27.7 Å². The Kier molecular flexibility index (Phi) is 7.50. The van der Waals surface area contributed by atoms with Gasteiger partial charge >= 0.3 is 0 Å². The number of rotatable bonds is 6. The van der Waals surface area contributed by atoms with Crippen LogP contribution in [-0.4, -0.2) is 16.4 Å². The minimum Gasteiger partial charge on any atom is -0.318 e. The molecule has 3 nitrogen and oxygen atoms in total. The highest BCUT2D eigenvalue weighted by molar-refractivity contribution is 9.02. The summed E-state index contributed by atoms with van der Waals surface area (Å²) < 4.78 is 21.8. The summed E-state index contributed by atoms with van der Waals surface area (Å²) in [6.07, 6.45) is -0.125. The van der Waals surface area contributed by atoms with E-state index in [4.69, 9.17) is 31.5 Å². The third-order valence-electron chi connectivity index (χ3n) is 0.830. The van der Waals surface area contributed by atoms with Crippen molar-refractivity contribution in [2.45, 2.75) is 39.9 Å². The molecule has 86 valence electrons. The van der Waals surface area contributed by atoms with E-state index < -0.39 is 14.7 Å². The average Bonchev–Trinajstić information content (AvgIpc) is 1.76. The van der Waals surface area contributed by atoms with Crippen LogP contribution in [0, 0.1) is 0 Å². The van der Waals surface area contributed by atoms with E-state index in [2.05, 4.69) is 0 Å². The predicted octanol–water partition coefficient (Wildman–Crippen LogP) is 3.61. The molecule has 14 heavy (non-hydrogen) atoms. The Hall–Kier alpha value is 1.36. The highest BCUT2D eigenvalue weighted by Gasteiger charge is 2.26. The lowest BCUT2D eigenvalue weighted by molar-refractivity contribution is 0.186. The van der Waals surface area contributed by atoms with E-state index in [1.165, 1.54) is 0 Å². The Morgan fingerprint density at radius 3 is 1.86 bits per heavy atom. The quantitative estimate of drug-likeness (QED) is 0.425. The van der Waals surface area contributed by atoms with E-state index in [0.717, 1.165) is 10.4 Å². The minimum absolute atomic E-state index is 0.0627. The Labute approximate surface area is 101 Å². The van der Waals surface area contributed by atoms with Crippen molar-refractivity contribution in [1.29, 1.82) is 0 Å². The van der Waals surface area contributed by atoms with E-state index in [0.29, 0.717) is 0 Å². The van der Waals surface area contributed by atoms with Gasteiger partial charge in [-0.25, -0.2) is 4.21 Å². The van der Waals surface area contributed by atoms with Gasteiger partial charge in [-0.3, -0.25) is 0 Å². The number of hydrogen-bond donors (Lipinski definition) is 0. The maximum Gasteiger partial charge on any atom is 0.261 e. The van der Waals surface area contributed by atoms with Crippen LogP contribution in [-0.2, 0) is 29.9 Å². The summed E-state index contributed by atoms with van der Waals surface area (Å²) in [5.41, 5.74) is -2.57. The van der Waals surface area contributed by atoms with Gasteiger partial charge in [-0.05, 0) is 39.5 Å². The van der Waals surface area contributed by atoms with Crippen molar-refractivity contribution < 1.29 is 13.3 Å². The fourth-order valence-corrected chi connectivity index (χ4v) is 11.0. The van der Waals surface area contributed by atoms with Crippen LogP contribution in [0.15, 0.2) is 0 Å². The van der Waals surface area contributed by atoms with E-state index >= 15 is 0 Å². The third kappa shape index (κ3) is 7.63. The normalized spacial score (nSPS) is 15.1. The van der Waals surface area contributed by atoms with Crippen LogP contribution >= 0.6 is 26.8 Å². The molecule has 0 aromatic heterocycles. The van der Waals surface area contributed by atoms with Crippen molar-refractivity contribution in [3.63, 3.8) is 0 Å². The molecule has 0 fully saturated rings. The smallest absolute Gasteiger partial charge is 0.261 e. The van der Waals surface area contributed by atoms with Crippen molar-refractivity contribution in [2.24, 2.45) is 0 Å². The average molecular weight is 297 g/mol. The van der Waals surface area contributed by atoms with Crippen LogP contribution in [0.25, 0.3) is 0 Å². The predicted molar refractivity (Wildman–Crippen MR) is 68.3 cm³/mol. The molecule has 0 spiro atoms. The first kappa shape index (κ1) is 15.4. The largest absolute Gasteiger partial charge is 0.318 e. The number of halogens is 1. The lowest BCUT2D eigenvalue weighted by atomic mass is 10.5. The molecular formula is C6H14ClO3PS3. The van der Waals surface area contributed by atoms with Gasteiger partial charge in [0.25, 0.3) is 5.69 Å². The Bertz CT molecular complexity index is 232. The van der Waals surface area contributed by atoms with Gasteiger partial charge in [-0.1, -0.05) is 0 Å². The molecule has 0 saturated carbocycles. The van der Waals surface area contributed by atoms with Gasteiger partial charge in [0.1, 0.15) is 0 Å². The van der Waals surface area contributed by atoms with Gasteiger partial charge in [0.05, 0.1) is 12.2 Å². The Morgan fingerprint density at radius 2 is 1.64 bits per heavy atom. The first-order valence-corrected chi connectivity index (χ1v) is 10.6. The molecule has 1 unspecified atom stereocenters. The fourth-order valence-electron chi connectivity index (χ4n) is 0.648. The lowest BCUT2D eigenvalue weighted by Crippen LogP contribution is -2.05. The van der Waals surface area contributed by atoms with Crippen LogP contribution in [0.5, 0.6) is 0 Å². The van der Waals surface area contributed by atoms with Crippen LogP contribution in [0.3, 0.4) is 0 Å². The standard InChI is InChI=1S/C6H14ClO3PS3/c1-5(2)9-11(12,10-6(3)4)13-14(7)8/h5-6H,1-4H3. The first-order valence-electron chi connectivity index (χ1n) is 4.00. The third-order valence-corrected chi connectivity index (χ3v) is 10.3. The van der Waals surface area contributed by atoms with Crippen LogP contribution in [0.1, 0.15) is 27.7 Å². The Morgan fingerprint density at radius 1 is 1.29 bits per heavy atom. The summed E-state index contributed by atoms with van der Waals surface area (Å²) >= 11 is 5.18. The van der Waals surface area contributed by atoms with Crippen LogP contribution < -0.4 is 0 Å². The first-order chi connectivity index (χ1) is 6.25. The molecule has 0 saturated heterocycles. The van der Waals surface area contributed by atoms with Crippen LogP contribution in [0.2, 0.25) is 0 Å².